The molecule has 0 saturated heterocycles. The Labute approximate surface area is 185 Å². The molecule has 3 saturated carbocycles. The Morgan fingerprint density at radius 3 is 2.50 bits per heavy atom. The van der Waals surface area contributed by atoms with Gasteiger partial charge in [-0.3, -0.25) is 0 Å². The van der Waals surface area contributed by atoms with Crippen molar-refractivity contribution in [2.75, 3.05) is 7.11 Å². The van der Waals surface area contributed by atoms with E-state index in [1.165, 1.54) is 50.5 Å². The van der Waals surface area contributed by atoms with Crippen LogP contribution in [0, 0.1) is 17.3 Å². The zero-order chi connectivity index (χ0) is 22.4. The Bertz CT molecular complexity index is 625. The van der Waals surface area contributed by atoms with E-state index in [0.717, 1.165) is 56.6 Å². The van der Waals surface area contributed by atoms with E-state index in [9.17, 15) is 10.2 Å². The minimum absolute atomic E-state index is 0.338. The number of aliphatic hydroxyl groups excluding tert-OH is 2. The molecule has 0 spiro atoms. The van der Waals surface area contributed by atoms with Gasteiger partial charge in [0, 0.05) is 7.11 Å². The topological polar surface area (TPSA) is 60.7 Å². The van der Waals surface area contributed by atoms with Crippen molar-refractivity contribution in [1.82, 2.24) is 0 Å². The fraction of sp³-hybridized carbons (Fsp3) is 0.778. The van der Waals surface area contributed by atoms with E-state index in [-0.39, 0.29) is 6.10 Å². The molecular formula is C27H46O3. The number of unbranched alkanes of at least 4 members (excludes halogenated alkanes) is 1. The monoisotopic (exact) mass is 418 g/mol. The predicted molar refractivity (Wildman–Crippen MR) is 126 cm³/mol. The molecule has 3 rings (SSSR count). The van der Waals surface area contributed by atoms with E-state index >= 15 is 0 Å². The highest BCUT2D eigenvalue weighted by Gasteiger charge is 2.48. The smallest absolute Gasteiger partial charge is 0.0787 e. The minimum atomic E-state index is -0.521. The third-order valence-corrected chi connectivity index (χ3v) is 7.99. The lowest BCUT2D eigenvalue weighted by Gasteiger charge is -2.42. The third-order valence-electron chi connectivity index (χ3n) is 7.99. The van der Waals surface area contributed by atoms with Gasteiger partial charge in [-0.1, -0.05) is 44.1 Å². The first-order chi connectivity index (χ1) is 14.2. The highest BCUT2D eigenvalue weighted by atomic mass is 16.3. The van der Waals surface area contributed by atoms with Crippen LogP contribution in [0.25, 0.3) is 0 Å². The Morgan fingerprint density at radius 1 is 1.07 bits per heavy atom. The Hall–Kier alpha value is -0.900. The van der Waals surface area contributed by atoms with Crippen molar-refractivity contribution in [1.29, 1.82) is 0 Å². The molecule has 3 nitrogen and oxygen atoms in total. The molecule has 0 radical (unpaired) electrons. The fourth-order valence-corrected chi connectivity index (χ4v) is 6.20. The number of rotatable bonds is 6. The molecule has 0 amide bonds. The van der Waals surface area contributed by atoms with Gasteiger partial charge in [-0.15, -0.1) is 0 Å². The second-order valence-electron chi connectivity index (χ2n) is 10.6. The van der Waals surface area contributed by atoms with Crippen LogP contribution in [0.1, 0.15) is 97.8 Å². The van der Waals surface area contributed by atoms with Crippen LogP contribution in [0.2, 0.25) is 0 Å². The van der Waals surface area contributed by atoms with Gasteiger partial charge in [-0.05, 0) is 106 Å². The molecular weight excluding hydrogens is 372 g/mol. The highest BCUT2D eigenvalue weighted by molar-refractivity contribution is 5.37. The molecule has 172 valence electrons. The third kappa shape index (κ3) is 6.31. The Balaban J connectivity index is 0.00000155. The lowest BCUT2D eigenvalue weighted by Crippen LogP contribution is -2.33. The van der Waals surface area contributed by atoms with Gasteiger partial charge in [0.15, 0.2) is 0 Å². The van der Waals surface area contributed by atoms with Crippen LogP contribution in [0.4, 0.5) is 0 Å². The van der Waals surface area contributed by atoms with Crippen LogP contribution in [0.5, 0.6) is 0 Å². The first-order valence-electron chi connectivity index (χ1n) is 12.1. The van der Waals surface area contributed by atoms with Crippen molar-refractivity contribution < 1.29 is 15.3 Å². The zero-order valence-electron chi connectivity index (χ0n) is 19.9. The van der Waals surface area contributed by atoms with Gasteiger partial charge in [-0.2, -0.15) is 0 Å². The predicted octanol–water partition coefficient (Wildman–Crippen LogP) is 6.10. The van der Waals surface area contributed by atoms with Gasteiger partial charge in [0.05, 0.1) is 11.7 Å². The summed E-state index contributed by atoms with van der Waals surface area (Å²) >= 11 is 0. The van der Waals surface area contributed by atoms with Crippen LogP contribution in [0.15, 0.2) is 35.5 Å². The van der Waals surface area contributed by atoms with Crippen LogP contribution >= 0.6 is 0 Å². The van der Waals surface area contributed by atoms with Gasteiger partial charge in [0.2, 0.25) is 0 Å². The summed E-state index contributed by atoms with van der Waals surface area (Å²) in [7, 11) is 1.00. The number of hydrogen-bond donors (Lipinski definition) is 3. The van der Waals surface area contributed by atoms with E-state index in [4.69, 9.17) is 5.11 Å². The van der Waals surface area contributed by atoms with Gasteiger partial charge >= 0.3 is 0 Å². The number of allylic oxidation sites excluding steroid dienone is 3. The average molecular weight is 419 g/mol. The molecule has 3 aliphatic rings. The number of fused-ring (bicyclic) bond motifs is 1. The zero-order valence-corrected chi connectivity index (χ0v) is 19.9. The van der Waals surface area contributed by atoms with Crippen molar-refractivity contribution in [2.45, 2.75) is 110 Å². The molecule has 0 aromatic heterocycles. The molecule has 3 aliphatic carbocycles. The quantitative estimate of drug-likeness (QED) is 0.457. The lowest BCUT2D eigenvalue weighted by molar-refractivity contribution is 0.0660. The SMILES string of the molecule is C=C1/C(=C/C=C2\CCCC3(C)C(CCCCC(C)(C)O)CCC23)CCCC1O.CO. The number of aliphatic hydroxyl groups is 3. The van der Waals surface area contributed by atoms with E-state index in [0.29, 0.717) is 5.41 Å². The molecule has 4 unspecified atom stereocenters. The molecule has 0 aliphatic heterocycles. The molecule has 4 atom stereocenters. The molecule has 0 bridgehead atoms. The van der Waals surface area contributed by atoms with Gasteiger partial charge < -0.3 is 15.3 Å². The maximum atomic E-state index is 10.1. The van der Waals surface area contributed by atoms with Crippen molar-refractivity contribution in [3.63, 3.8) is 0 Å². The molecule has 0 aromatic carbocycles. The summed E-state index contributed by atoms with van der Waals surface area (Å²) in [5.74, 6) is 1.57. The van der Waals surface area contributed by atoms with E-state index in [2.05, 4.69) is 25.7 Å². The van der Waals surface area contributed by atoms with Crippen LogP contribution in [0.3, 0.4) is 0 Å². The minimum Gasteiger partial charge on any atom is -0.400 e. The van der Waals surface area contributed by atoms with Crippen molar-refractivity contribution in [3.05, 3.63) is 35.5 Å². The maximum absolute atomic E-state index is 10.1. The normalized spacial score (nSPS) is 34.6. The fourth-order valence-electron chi connectivity index (χ4n) is 6.20. The lowest BCUT2D eigenvalue weighted by atomic mass is 9.62. The molecule has 3 fully saturated rings. The Kier molecular flexibility index (Phi) is 9.39. The average Bonchev–Trinajstić information content (AvgIpc) is 3.04. The van der Waals surface area contributed by atoms with E-state index < -0.39 is 5.60 Å². The Morgan fingerprint density at radius 2 is 1.80 bits per heavy atom. The molecule has 0 aromatic rings. The molecule has 3 heteroatoms. The first-order valence-corrected chi connectivity index (χ1v) is 12.1. The largest absolute Gasteiger partial charge is 0.400 e. The summed E-state index contributed by atoms with van der Waals surface area (Å²) in [5, 5.41) is 27.0. The second-order valence-corrected chi connectivity index (χ2v) is 10.6. The van der Waals surface area contributed by atoms with Crippen LogP contribution < -0.4 is 0 Å². The summed E-state index contributed by atoms with van der Waals surface area (Å²) in [6, 6.07) is 0. The standard InChI is InChI=1S/C26H42O2.CH4O/c1-19-20(9-7-12-24(19)27)13-14-21-10-8-18-26(4)22(15-16-23(21)26)11-5-6-17-25(2,3)28;1-2/h13-14,22-24,27-28H,1,5-12,15-18H2,2-4H3;2H,1H3/b20-13+,21-14+;. The first kappa shape index (κ1) is 25.4. The molecule has 0 heterocycles. The van der Waals surface area contributed by atoms with Crippen molar-refractivity contribution >= 4 is 0 Å². The summed E-state index contributed by atoms with van der Waals surface area (Å²) in [5.41, 5.74) is 3.79. The summed E-state index contributed by atoms with van der Waals surface area (Å²) in [6.45, 7) is 10.5. The molecule has 3 N–H and O–H groups in total. The van der Waals surface area contributed by atoms with Crippen molar-refractivity contribution in [2.24, 2.45) is 17.3 Å². The summed E-state index contributed by atoms with van der Waals surface area (Å²) < 4.78 is 0. The summed E-state index contributed by atoms with van der Waals surface area (Å²) in [4.78, 5) is 0. The van der Waals surface area contributed by atoms with Crippen LogP contribution in [-0.4, -0.2) is 34.1 Å². The maximum Gasteiger partial charge on any atom is 0.0787 e. The van der Waals surface area contributed by atoms with E-state index in [1.54, 1.807) is 5.57 Å². The van der Waals surface area contributed by atoms with Gasteiger partial charge in [0.1, 0.15) is 0 Å². The van der Waals surface area contributed by atoms with Gasteiger partial charge in [-0.25, -0.2) is 0 Å². The van der Waals surface area contributed by atoms with Crippen molar-refractivity contribution in [3.8, 4) is 0 Å². The second kappa shape index (κ2) is 11.1. The molecule has 30 heavy (non-hydrogen) atoms. The van der Waals surface area contributed by atoms with E-state index in [1.807, 2.05) is 13.8 Å². The highest BCUT2D eigenvalue weighted by Crippen LogP contribution is 2.58. The van der Waals surface area contributed by atoms with Gasteiger partial charge in [0.25, 0.3) is 0 Å². The summed E-state index contributed by atoms with van der Waals surface area (Å²) in [6.07, 6.45) is 18.6. The number of hydrogen-bond acceptors (Lipinski definition) is 3. The van der Waals surface area contributed by atoms with Crippen LogP contribution in [-0.2, 0) is 0 Å².